The number of hydrogen-bond donors (Lipinski definition) is 1. The zero-order valence-electron chi connectivity index (χ0n) is 12.6. The van der Waals surface area contributed by atoms with Crippen molar-refractivity contribution in [1.82, 2.24) is 15.1 Å². The van der Waals surface area contributed by atoms with E-state index in [4.69, 9.17) is 0 Å². The molecule has 0 bridgehead atoms. The second kappa shape index (κ2) is 7.48. The van der Waals surface area contributed by atoms with Gasteiger partial charge in [0, 0.05) is 26.2 Å². The van der Waals surface area contributed by atoms with Gasteiger partial charge in [-0.3, -0.25) is 14.9 Å². The quantitative estimate of drug-likeness (QED) is 0.805. The van der Waals surface area contributed by atoms with E-state index in [1.165, 1.54) is 6.42 Å². The molecule has 5 heteroatoms. The van der Waals surface area contributed by atoms with Crippen molar-refractivity contribution in [2.24, 2.45) is 0 Å². The monoisotopic (exact) mass is 269 g/mol. The SMILES string of the molecule is CC(NCC(=O)N(C)C(C)C)C(=O)N1CCCCC1. The molecule has 0 aromatic rings. The fourth-order valence-electron chi connectivity index (χ4n) is 2.13. The van der Waals surface area contributed by atoms with Crippen molar-refractivity contribution in [3.63, 3.8) is 0 Å². The third-order valence-electron chi connectivity index (χ3n) is 3.77. The fraction of sp³-hybridized carbons (Fsp3) is 0.857. The Bertz CT molecular complexity index is 312. The van der Waals surface area contributed by atoms with Crippen molar-refractivity contribution in [3.05, 3.63) is 0 Å². The number of likely N-dealkylation sites (N-methyl/N-ethyl adjacent to an activating group) is 1. The van der Waals surface area contributed by atoms with Crippen LogP contribution in [0.1, 0.15) is 40.0 Å². The van der Waals surface area contributed by atoms with E-state index in [-0.39, 0.29) is 30.4 Å². The van der Waals surface area contributed by atoms with Crippen LogP contribution in [0.25, 0.3) is 0 Å². The molecule has 1 aliphatic heterocycles. The van der Waals surface area contributed by atoms with Crippen LogP contribution in [-0.4, -0.2) is 60.4 Å². The standard InChI is InChI=1S/C14H27N3O2/c1-11(2)16(4)13(18)10-15-12(3)14(19)17-8-6-5-7-9-17/h11-12,15H,5-10H2,1-4H3. The van der Waals surface area contributed by atoms with Gasteiger partial charge in [-0.15, -0.1) is 0 Å². The number of likely N-dealkylation sites (tertiary alicyclic amines) is 1. The highest BCUT2D eigenvalue weighted by Crippen LogP contribution is 2.09. The lowest BCUT2D eigenvalue weighted by atomic mass is 10.1. The van der Waals surface area contributed by atoms with Gasteiger partial charge in [-0.25, -0.2) is 0 Å². The first-order valence-electron chi connectivity index (χ1n) is 7.21. The van der Waals surface area contributed by atoms with Crippen molar-refractivity contribution >= 4 is 11.8 Å². The summed E-state index contributed by atoms with van der Waals surface area (Å²) in [4.78, 5) is 27.6. The van der Waals surface area contributed by atoms with Crippen LogP contribution >= 0.6 is 0 Å². The van der Waals surface area contributed by atoms with Gasteiger partial charge in [0.15, 0.2) is 0 Å². The van der Waals surface area contributed by atoms with Gasteiger partial charge in [0.05, 0.1) is 12.6 Å². The summed E-state index contributed by atoms with van der Waals surface area (Å²) in [5, 5.41) is 3.03. The second-order valence-electron chi connectivity index (χ2n) is 5.59. The van der Waals surface area contributed by atoms with Crippen LogP contribution in [0, 0.1) is 0 Å². The van der Waals surface area contributed by atoms with Crippen LogP contribution in [0.15, 0.2) is 0 Å². The molecule has 19 heavy (non-hydrogen) atoms. The van der Waals surface area contributed by atoms with Gasteiger partial charge in [-0.2, -0.15) is 0 Å². The highest BCUT2D eigenvalue weighted by atomic mass is 16.2. The van der Waals surface area contributed by atoms with Crippen LogP contribution in [0.4, 0.5) is 0 Å². The maximum atomic E-state index is 12.2. The van der Waals surface area contributed by atoms with Crippen LogP contribution in [0.2, 0.25) is 0 Å². The predicted molar refractivity (Wildman–Crippen MR) is 75.8 cm³/mol. The molecule has 5 nitrogen and oxygen atoms in total. The summed E-state index contributed by atoms with van der Waals surface area (Å²) in [5.74, 6) is 0.132. The molecule has 2 amide bonds. The normalized spacial score (nSPS) is 17.4. The molecule has 0 saturated carbocycles. The van der Waals surface area contributed by atoms with Gasteiger partial charge in [0.25, 0.3) is 0 Å². The Hall–Kier alpha value is -1.10. The molecule has 0 aromatic carbocycles. The van der Waals surface area contributed by atoms with Crippen LogP contribution < -0.4 is 5.32 Å². The summed E-state index contributed by atoms with van der Waals surface area (Å²) in [6.07, 6.45) is 3.39. The predicted octanol–water partition coefficient (Wildman–Crippen LogP) is 0.844. The first-order chi connectivity index (χ1) is 8.93. The minimum absolute atomic E-state index is 0.0216. The van der Waals surface area contributed by atoms with E-state index in [9.17, 15) is 9.59 Å². The molecule has 1 aliphatic rings. The van der Waals surface area contributed by atoms with E-state index >= 15 is 0 Å². The molecule has 0 aliphatic carbocycles. The first kappa shape index (κ1) is 16.0. The Morgan fingerprint density at radius 3 is 2.26 bits per heavy atom. The summed E-state index contributed by atoms with van der Waals surface area (Å²) in [5.41, 5.74) is 0. The maximum absolute atomic E-state index is 12.2. The van der Waals surface area contributed by atoms with Crippen molar-refractivity contribution in [3.8, 4) is 0 Å². The Morgan fingerprint density at radius 1 is 1.16 bits per heavy atom. The lowest BCUT2D eigenvalue weighted by Crippen LogP contribution is -2.49. The summed E-state index contributed by atoms with van der Waals surface area (Å²) in [7, 11) is 1.78. The summed E-state index contributed by atoms with van der Waals surface area (Å²) < 4.78 is 0. The Balaban J connectivity index is 2.35. The number of nitrogens with zero attached hydrogens (tertiary/aromatic N) is 2. The van der Waals surface area contributed by atoms with Crippen molar-refractivity contribution in [2.45, 2.75) is 52.1 Å². The largest absolute Gasteiger partial charge is 0.342 e. The van der Waals surface area contributed by atoms with Gasteiger partial charge in [-0.1, -0.05) is 0 Å². The topological polar surface area (TPSA) is 52.7 Å². The number of carbonyl (C=O) groups is 2. The van der Waals surface area contributed by atoms with Gasteiger partial charge in [0.1, 0.15) is 0 Å². The summed E-state index contributed by atoms with van der Waals surface area (Å²) in [6.45, 7) is 7.70. The average Bonchev–Trinajstić information content (AvgIpc) is 2.43. The molecule has 1 unspecified atom stereocenters. The second-order valence-corrected chi connectivity index (χ2v) is 5.59. The molecule has 110 valence electrons. The van der Waals surface area contributed by atoms with Crippen molar-refractivity contribution < 1.29 is 9.59 Å². The van der Waals surface area contributed by atoms with Crippen LogP contribution in [-0.2, 0) is 9.59 Å². The molecular weight excluding hydrogens is 242 g/mol. The number of nitrogens with one attached hydrogen (secondary N) is 1. The maximum Gasteiger partial charge on any atom is 0.239 e. The van der Waals surface area contributed by atoms with E-state index in [1.54, 1.807) is 11.9 Å². The first-order valence-corrected chi connectivity index (χ1v) is 7.21. The van der Waals surface area contributed by atoms with Crippen molar-refractivity contribution in [1.29, 1.82) is 0 Å². The fourth-order valence-corrected chi connectivity index (χ4v) is 2.13. The molecule has 1 heterocycles. The molecule has 0 radical (unpaired) electrons. The third kappa shape index (κ3) is 4.82. The van der Waals surface area contributed by atoms with E-state index in [0.717, 1.165) is 25.9 Å². The number of carbonyl (C=O) groups excluding carboxylic acids is 2. The number of rotatable bonds is 5. The number of piperidine rings is 1. The molecule has 1 fully saturated rings. The van der Waals surface area contributed by atoms with E-state index in [1.807, 2.05) is 25.7 Å². The molecule has 1 rings (SSSR count). The zero-order valence-corrected chi connectivity index (χ0v) is 12.6. The highest BCUT2D eigenvalue weighted by molar-refractivity contribution is 5.83. The van der Waals surface area contributed by atoms with Gasteiger partial charge in [-0.05, 0) is 40.0 Å². The highest BCUT2D eigenvalue weighted by Gasteiger charge is 2.22. The third-order valence-corrected chi connectivity index (χ3v) is 3.77. The number of amides is 2. The van der Waals surface area contributed by atoms with Crippen LogP contribution in [0.5, 0.6) is 0 Å². The van der Waals surface area contributed by atoms with E-state index in [2.05, 4.69) is 5.32 Å². The Morgan fingerprint density at radius 2 is 1.74 bits per heavy atom. The lowest BCUT2D eigenvalue weighted by molar-refractivity contribution is -0.134. The smallest absolute Gasteiger partial charge is 0.239 e. The summed E-state index contributed by atoms with van der Waals surface area (Å²) in [6, 6.07) is -0.106. The Labute approximate surface area is 116 Å². The zero-order chi connectivity index (χ0) is 14.4. The molecule has 1 atom stereocenters. The lowest BCUT2D eigenvalue weighted by Gasteiger charge is -2.30. The minimum Gasteiger partial charge on any atom is -0.342 e. The van der Waals surface area contributed by atoms with Gasteiger partial charge in [0.2, 0.25) is 11.8 Å². The average molecular weight is 269 g/mol. The molecule has 0 aromatic heterocycles. The van der Waals surface area contributed by atoms with Crippen LogP contribution in [0.3, 0.4) is 0 Å². The van der Waals surface area contributed by atoms with Gasteiger partial charge < -0.3 is 9.80 Å². The minimum atomic E-state index is -0.289. The van der Waals surface area contributed by atoms with E-state index in [0.29, 0.717) is 0 Å². The van der Waals surface area contributed by atoms with E-state index < -0.39 is 0 Å². The molecule has 1 saturated heterocycles. The van der Waals surface area contributed by atoms with Crippen molar-refractivity contribution in [2.75, 3.05) is 26.7 Å². The summed E-state index contributed by atoms with van der Waals surface area (Å²) >= 11 is 0. The Kier molecular flexibility index (Phi) is 6.28. The number of hydrogen-bond acceptors (Lipinski definition) is 3. The van der Waals surface area contributed by atoms with Gasteiger partial charge >= 0.3 is 0 Å². The molecule has 0 spiro atoms. The molecular formula is C14H27N3O2. The molecule has 1 N–H and O–H groups in total.